The fourth-order valence-electron chi connectivity index (χ4n) is 2.35. The first-order valence-corrected chi connectivity index (χ1v) is 9.48. The molecule has 1 aromatic rings. The molecule has 0 radical (unpaired) electrons. The maximum atomic E-state index is 6.33. The summed E-state index contributed by atoms with van der Waals surface area (Å²) in [5.41, 5.74) is 1.09. The van der Waals surface area contributed by atoms with Crippen molar-refractivity contribution >= 4 is 14.6 Å². The highest BCUT2D eigenvalue weighted by atomic mass is 28.4. The van der Waals surface area contributed by atoms with Crippen molar-refractivity contribution in [3.63, 3.8) is 0 Å². The first-order valence-electron chi connectivity index (χ1n) is 7.25. The topological polar surface area (TPSA) is 18.5 Å². The molecular formula is C16H26O2Si. The Balaban J connectivity index is 2.93. The lowest BCUT2D eigenvalue weighted by Crippen LogP contribution is -2.45. The number of hydrogen-bond acceptors (Lipinski definition) is 2. The molecule has 0 N–H and O–H groups in total. The molecule has 0 atom stereocenters. The summed E-state index contributed by atoms with van der Waals surface area (Å²) < 4.78 is 12.4. The van der Waals surface area contributed by atoms with Gasteiger partial charge in [0.25, 0.3) is 0 Å². The minimum Gasteiger partial charge on any atom is -0.520 e. The van der Waals surface area contributed by atoms with E-state index in [1.165, 1.54) is 0 Å². The van der Waals surface area contributed by atoms with E-state index < -0.39 is 8.56 Å². The van der Waals surface area contributed by atoms with E-state index in [2.05, 4.69) is 27.4 Å². The molecule has 0 unspecified atom stereocenters. The lowest BCUT2D eigenvalue weighted by molar-refractivity contribution is 0.248. The van der Waals surface area contributed by atoms with Gasteiger partial charge >= 0.3 is 8.56 Å². The van der Waals surface area contributed by atoms with E-state index in [9.17, 15) is 0 Å². The van der Waals surface area contributed by atoms with Crippen LogP contribution < -0.4 is 4.43 Å². The van der Waals surface area contributed by atoms with Gasteiger partial charge in [0.15, 0.2) is 0 Å². The Bertz CT molecular complexity index is 373. The molecule has 0 amide bonds. The predicted molar refractivity (Wildman–Crippen MR) is 84.7 cm³/mol. The van der Waals surface area contributed by atoms with E-state index in [-0.39, 0.29) is 0 Å². The smallest absolute Gasteiger partial charge is 0.398 e. The molecule has 0 aromatic heterocycles. The maximum Gasteiger partial charge on any atom is 0.398 e. The van der Waals surface area contributed by atoms with Crippen LogP contribution in [-0.4, -0.2) is 15.2 Å². The van der Waals surface area contributed by atoms with Crippen LogP contribution in [0.2, 0.25) is 12.1 Å². The molecule has 0 bridgehead atoms. The summed E-state index contributed by atoms with van der Waals surface area (Å²) >= 11 is 0. The Morgan fingerprint density at radius 2 is 1.84 bits per heavy atom. The Morgan fingerprint density at radius 3 is 2.37 bits per heavy atom. The standard InChI is InChI=1S/C16H26O2Si/c1-5-12-19(13-6-2,17-8-4)18-16-11-9-10-15(7-3)14-16/h7,9-11,14H,3,5-6,8,12-13H2,1-2,4H3. The third-order valence-corrected chi connectivity index (χ3v) is 7.01. The zero-order valence-corrected chi connectivity index (χ0v) is 13.4. The second-order valence-electron chi connectivity index (χ2n) is 4.72. The molecule has 2 nitrogen and oxygen atoms in total. The molecule has 19 heavy (non-hydrogen) atoms. The quantitative estimate of drug-likeness (QED) is 0.591. The molecule has 0 aliphatic carbocycles. The van der Waals surface area contributed by atoms with Crippen molar-refractivity contribution in [1.29, 1.82) is 0 Å². The zero-order valence-electron chi connectivity index (χ0n) is 12.4. The summed E-state index contributed by atoms with van der Waals surface area (Å²) in [6, 6.07) is 10.2. The molecule has 1 rings (SSSR count). The van der Waals surface area contributed by atoms with Crippen LogP contribution in [0.15, 0.2) is 30.8 Å². The fourth-order valence-corrected chi connectivity index (χ4v) is 5.75. The third-order valence-electron chi connectivity index (χ3n) is 3.07. The lowest BCUT2D eigenvalue weighted by atomic mass is 10.2. The second kappa shape index (κ2) is 8.18. The van der Waals surface area contributed by atoms with Gasteiger partial charge in [-0.25, -0.2) is 0 Å². The van der Waals surface area contributed by atoms with Crippen molar-refractivity contribution < 1.29 is 8.85 Å². The molecule has 1 aromatic carbocycles. The van der Waals surface area contributed by atoms with Crippen LogP contribution in [0.25, 0.3) is 6.08 Å². The molecule has 0 saturated carbocycles. The van der Waals surface area contributed by atoms with Gasteiger partial charge < -0.3 is 8.85 Å². The van der Waals surface area contributed by atoms with Crippen LogP contribution >= 0.6 is 0 Å². The first-order chi connectivity index (χ1) is 9.19. The highest BCUT2D eigenvalue weighted by molar-refractivity contribution is 6.68. The van der Waals surface area contributed by atoms with Crippen LogP contribution in [0.4, 0.5) is 0 Å². The predicted octanol–water partition coefficient (Wildman–Crippen LogP) is 5.01. The molecule has 0 fully saturated rings. The average Bonchev–Trinajstić information content (AvgIpc) is 2.40. The monoisotopic (exact) mass is 278 g/mol. The number of rotatable bonds is 9. The highest BCUT2D eigenvalue weighted by Gasteiger charge is 2.37. The Morgan fingerprint density at radius 1 is 1.16 bits per heavy atom. The summed E-state index contributed by atoms with van der Waals surface area (Å²) in [7, 11) is -2.11. The summed E-state index contributed by atoms with van der Waals surface area (Å²) in [5, 5.41) is 0. The Labute approximate surface area is 118 Å². The number of hydrogen-bond donors (Lipinski definition) is 0. The van der Waals surface area contributed by atoms with E-state index >= 15 is 0 Å². The van der Waals surface area contributed by atoms with Crippen LogP contribution in [0.3, 0.4) is 0 Å². The number of benzene rings is 1. The van der Waals surface area contributed by atoms with Gasteiger partial charge in [0.1, 0.15) is 5.75 Å². The van der Waals surface area contributed by atoms with Gasteiger partial charge in [0.2, 0.25) is 0 Å². The van der Waals surface area contributed by atoms with Crippen molar-refractivity contribution in [2.24, 2.45) is 0 Å². The van der Waals surface area contributed by atoms with Crippen molar-refractivity contribution in [3.8, 4) is 5.75 Å². The summed E-state index contributed by atoms with van der Waals surface area (Å²) in [4.78, 5) is 0. The van der Waals surface area contributed by atoms with Crippen LogP contribution in [-0.2, 0) is 4.43 Å². The zero-order chi connectivity index (χ0) is 14.1. The minimum atomic E-state index is -2.11. The van der Waals surface area contributed by atoms with Crippen molar-refractivity contribution in [2.45, 2.75) is 45.7 Å². The first kappa shape index (κ1) is 16.0. The SMILES string of the molecule is C=Cc1cccc(O[Si](CCC)(CCC)OCC)c1. The molecule has 0 aliphatic heterocycles. The highest BCUT2D eigenvalue weighted by Crippen LogP contribution is 2.26. The summed E-state index contributed by atoms with van der Waals surface area (Å²) in [6.45, 7) is 11.0. The second-order valence-corrected chi connectivity index (χ2v) is 8.04. The van der Waals surface area contributed by atoms with Crippen molar-refractivity contribution in [2.75, 3.05) is 6.61 Å². The molecule has 106 valence electrons. The van der Waals surface area contributed by atoms with E-state index in [1.807, 2.05) is 30.3 Å². The molecule has 0 spiro atoms. The Hall–Kier alpha value is -1.06. The van der Waals surface area contributed by atoms with E-state index in [0.717, 1.165) is 42.8 Å². The minimum absolute atomic E-state index is 0.730. The summed E-state index contributed by atoms with van der Waals surface area (Å²) in [5.74, 6) is 0.916. The largest absolute Gasteiger partial charge is 0.520 e. The van der Waals surface area contributed by atoms with Crippen LogP contribution in [0.1, 0.15) is 39.2 Å². The summed E-state index contributed by atoms with van der Waals surface area (Å²) in [6.07, 6.45) is 4.05. The van der Waals surface area contributed by atoms with Gasteiger partial charge in [0, 0.05) is 18.7 Å². The van der Waals surface area contributed by atoms with Crippen molar-refractivity contribution in [3.05, 3.63) is 36.4 Å². The molecular weight excluding hydrogens is 252 g/mol. The maximum absolute atomic E-state index is 6.33. The van der Waals surface area contributed by atoms with Crippen molar-refractivity contribution in [1.82, 2.24) is 0 Å². The Kier molecular flexibility index (Phi) is 6.88. The van der Waals surface area contributed by atoms with E-state index in [1.54, 1.807) is 0 Å². The van der Waals surface area contributed by atoms with Crippen LogP contribution in [0, 0.1) is 0 Å². The molecule has 0 heterocycles. The van der Waals surface area contributed by atoms with E-state index in [0.29, 0.717) is 0 Å². The lowest BCUT2D eigenvalue weighted by Gasteiger charge is -2.30. The molecule has 3 heteroatoms. The fraction of sp³-hybridized carbons (Fsp3) is 0.500. The third kappa shape index (κ3) is 4.84. The molecule has 0 saturated heterocycles. The van der Waals surface area contributed by atoms with Gasteiger partial charge in [-0.2, -0.15) is 0 Å². The van der Waals surface area contributed by atoms with Gasteiger partial charge in [-0.15, -0.1) is 0 Å². The van der Waals surface area contributed by atoms with Gasteiger partial charge in [-0.3, -0.25) is 0 Å². The van der Waals surface area contributed by atoms with Gasteiger partial charge in [-0.1, -0.05) is 51.5 Å². The van der Waals surface area contributed by atoms with Gasteiger partial charge in [0.05, 0.1) is 0 Å². The molecule has 0 aliphatic rings. The van der Waals surface area contributed by atoms with E-state index in [4.69, 9.17) is 8.85 Å². The van der Waals surface area contributed by atoms with Gasteiger partial charge in [-0.05, 0) is 24.6 Å². The normalized spacial score (nSPS) is 11.3. The van der Waals surface area contributed by atoms with Crippen LogP contribution in [0.5, 0.6) is 5.75 Å². The average molecular weight is 278 g/mol.